The minimum absolute atomic E-state index is 0.0117. The summed E-state index contributed by atoms with van der Waals surface area (Å²) in [5.74, 6) is -2.45. The number of benzene rings is 1. The molecule has 4 rings (SSSR count). The number of phenols is 2. The lowest BCUT2D eigenvalue weighted by atomic mass is 9.70. The van der Waals surface area contributed by atoms with Crippen LogP contribution in [0.1, 0.15) is 60.4 Å². The molecule has 0 saturated carbocycles. The molecule has 0 spiro atoms. The third-order valence-corrected chi connectivity index (χ3v) is 6.51. The first-order valence-corrected chi connectivity index (χ1v) is 11.5. The quantitative estimate of drug-likeness (QED) is 0.241. The van der Waals surface area contributed by atoms with Crippen molar-refractivity contribution in [1.82, 2.24) is 20.8 Å². The molecule has 1 aliphatic heterocycles. The molecule has 0 bridgehead atoms. The summed E-state index contributed by atoms with van der Waals surface area (Å²) in [5, 5.41) is 30.5. The first kappa shape index (κ1) is 25.6. The van der Waals surface area contributed by atoms with Crippen LogP contribution in [0.4, 0.5) is 0 Å². The van der Waals surface area contributed by atoms with E-state index >= 15 is 0 Å². The SMILES string of the molecule is CC(=O)c1c(O)c(C)c(O)c2c1OC1=CC(=O)C(=C(C)NCCC(=O)NCc3nc(C)no3)C(=O)[C@@]12C. The molecule has 1 aliphatic carbocycles. The number of aromatic hydroxyl groups is 2. The topological polar surface area (TPSA) is 181 Å². The van der Waals surface area contributed by atoms with E-state index in [4.69, 9.17) is 9.26 Å². The van der Waals surface area contributed by atoms with Crippen molar-refractivity contribution in [3.63, 3.8) is 0 Å². The van der Waals surface area contributed by atoms with Crippen molar-refractivity contribution in [3.8, 4) is 17.2 Å². The molecule has 0 saturated heterocycles. The van der Waals surface area contributed by atoms with Crippen LogP contribution in [0.25, 0.3) is 0 Å². The van der Waals surface area contributed by atoms with E-state index < -0.39 is 34.3 Å². The van der Waals surface area contributed by atoms with Gasteiger partial charge in [0, 0.05) is 30.3 Å². The number of nitrogens with one attached hydrogen (secondary N) is 2. The lowest BCUT2D eigenvalue weighted by Gasteiger charge is -2.29. The number of fused-ring (bicyclic) bond motifs is 3. The number of allylic oxidation sites excluding steroid dienone is 4. The fourth-order valence-corrected chi connectivity index (χ4v) is 4.49. The predicted molar refractivity (Wildman–Crippen MR) is 127 cm³/mol. The van der Waals surface area contributed by atoms with Crippen LogP contribution in [0.15, 0.2) is 27.6 Å². The van der Waals surface area contributed by atoms with E-state index in [1.807, 2.05) is 0 Å². The van der Waals surface area contributed by atoms with Gasteiger partial charge in [-0.2, -0.15) is 4.98 Å². The molecule has 4 N–H and O–H groups in total. The van der Waals surface area contributed by atoms with E-state index in [-0.39, 0.29) is 70.8 Å². The number of aryl methyl sites for hydroxylation is 1. The molecule has 1 atom stereocenters. The average molecular weight is 511 g/mol. The maximum atomic E-state index is 13.7. The number of rotatable bonds is 7. The molecular weight excluding hydrogens is 484 g/mol. The van der Waals surface area contributed by atoms with Gasteiger partial charge < -0.3 is 30.1 Å². The minimum Gasteiger partial charge on any atom is -0.507 e. The van der Waals surface area contributed by atoms with Crippen LogP contribution in [0, 0.1) is 13.8 Å². The molecule has 0 fully saturated rings. The number of phenolic OH excluding ortho intramolecular Hbond substituents is 2. The van der Waals surface area contributed by atoms with Crippen LogP contribution in [0.3, 0.4) is 0 Å². The van der Waals surface area contributed by atoms with Gasteiger partial charge in [-0.05, 0) is 34.6 Å². The van der Waals surface area contributed by atoms with Crippen LogP contribution >= 0.6 is 0 Å². The predicted octanol–water partition coefficient (Wildman–Crippen LogP) is 1.56. The Labute approximate surface area is 211 Å². The number of carbonyl (C=O) groups excluding carboxylic acids is 4. The number of ketones is 3. The van der Waals surface area contributed by atoms with Gasteiger partial charge in [-0.15, -0.1) is 0 Å². The Bertz CT molecular complexity index is 1430. The summed E-state index contributed by atoms with van der Waals surface area (Å²) < 4.78 is 10.7. The van der Waals surface area contributed by atoms with Gasteiger partial charge >= 0.3 is 0 Å². The number of ether oxygens (including phenoxy) is 1. The van der Waals surface area contributed by atoms with E-state index in [1.54, 1.807) is 6.92 Å². The molecule has 1 aromatic heterocycles. The first-order valence-electron chi connectivity index (χ1n) is 11.5. The molecule has 2 aromatic rings. The summed E-state index contributed by atoms with van der Waals surface area (Å²) >= 11 is 0. The van der Waals surface area contributed by atoms with Gasteiger partial charge in [0.05, 0.1) is 17.7 Å². The standard InChI is InChI=1S/C25H26N4O8/c1-10-21(33)19(12(3)30)23-20(22(10)34)25(5)15(36-23)8-14(31)18(24(25)35)11(2)26-7-6-16(32)27-9-17-28-13(4)29-37-17/h8,26,33-34H,6-7,9H2,1-5H3,(H,27,32)/t25-/m0/s1. The Balaban J connectivity index is 1.57. The number of carbonyl (C=O) groups is 4. The molecule has 0 radical (unpaired) electrons. The zero-order valence-electron chi connectivity index (χ0n) is 20.9. The Kier molecular flexibility index (Phi) is 6.36. The number of amides is 1. The lowest BCUT2D eigenvalue weighted by Crippen LogP contribution is -2.41. The summed E-state index contributed by atoms with van der Waals surface area (Å²) in [6.45, 7) is 7.51. The largest absolute Gasteiger partial charge is 0.507 e. The Morgan fingerprint density at radius 2 is 1.81 bits per heavy atom. The van der Waals surface area contributed by atoms with Crippen molar-refractivity contribution in [1.29, 1.82) is 0 Å². The molecular formula is C25H26N4O8. The molecule has 1 aromatic carbocycles. The zero-order valence-corrected chi connectivity index (χ0v) is 20.9. The van der Waals surface area contributed by atoms with Crippen molar-refractivity contribution in [2.45, 2.75) is 53.0 Å². The maximum absolute atomic E-state index is 13.7. The summed E-state index contributed by atoms with van der Waals surface area (Å²) in [6.07, 6.45) is 1.17. The highest BCUT2D eigenvalue weighted by Gasteiger charge is 2.56. The van der Waals surface area contributed by atoms with Crippen molar-refractivity contribution in [3.05, 3.63) is 51.5 Å². The van der Waals surface area contributed by atoms with Gasteiger partial charge in [0.2, 0.25) is 11.8 Å². The Morgan fingerprint density at radius 3 is 2.43 bits per heavy atom. The van der Waals surface area contributed by atoms with Crippen LogP contribution < -0.4 is 15.4 Å². The number of hydrogen-bond acceptors (Lipinski definition) is 11. The first-order chi connectivity index (χ1) is 17.4. The Morgan fingerprint density at radius 1 is 1.11 bits per heavy atom. The highest BCUT2D eigenvalue weighted by molar-refractivity contribution is 6.31. The van der Waals surface area contributed by atoms with Crippen molar-refractivity contribution in [2.75, 3.05) is 6.54 Å². The second kappa shape index (κ2) is 9.19. The van der Waals surface area contributed by atoms with Gasteiger partial charge in [-0.25, -0.2) is 0 Å². The number of hydrogen-bond donors (Lipinski definition) is 4. The van der Waals surface area contributed by atoms with Gasteiger partial charge in [0.25, 0.3) is 0 Å². The van der Waals surface area contributed by atoms with Crippen molar-refractivity contribution >= 4 is 23.3 Å². The van der Waals surface area contributed by atoms with Crippen LogP contribution in [0.2, 0.25) is 0 Å². The monoisotopic (exact) mass is 510 g/mol. The highest BCUT2D eigenvalue weighted by Crippen LogP contribution is 2.57. The number of nitrogens with zero attached hydrogens (tertiary/aromatic N) is 2. The number of Topliss-reactive ketones (excluding diaryl/α,β-unsaturated/α-hetero) is 2. The van der Waals surface area contributed by atoms with E-state index in [0.29, 0.717) is 5.82 Å². The molecule has 2 heterocycles. The summed E-state index contributed by atoms with van der Waals surface area (Å²) in [5.41, 5.74) is -1.68. The van der Waals surface area contributed by atoms with Crippen LogP contribution in [-0.2, 0) is 26.3 Å². The molecule has 2 aliphatic rings. The summed E-state index contributed by atoms with van der Waals surface area (Å²) in [4.78, 5) is 55.0. The Hall–Kier alpha value is -4.48. The third-order valence-electron chi connectivity index (χ3n) is 6.51. The second-order valence-corrected chi connectivity index (χ2v) is 9.08. The van der Waals surface area contributed by atoms with Crippen LogP contribution in [-0.4, -0.2) is 50.2 Å². The van der Waals surface area contributed by atoms with E-state index in [0.717, 1.165) is 6.08 Å². The molecule has 1 amide bonds. The van der Waals surface area contributed by atoms with Gasteiger partial charge in [-0.3, -0.25) is 19.2 Å². The minimum atomic E-state index is -1.60. The maximum Gasteiger partial charge on any atom is 0.246 e. The average Bonchev–Trinajstić information content (AvgIpc) is 3.37. The summed E-state index contributed by atoms with van der Waals surface area (Å²) in [7, 11) is 0. The van der Waals surface area contributed by atoms with Crippen LogP contribution in [0.5, 0.6) is 17.2 Å². The summed E-state index contributed by atoms with van der Waals surface area (Å²) in [6, 6.07) is 0. The van der Waals surface area contributed by atoms with E-state index in [9.17, 15) is 29.4 Å². The van der Waals surface area contributed by atoms with Gasteiger partial charge in [-0.1, -0.05) is 5.16 Å². The molecule has 12 nitrogen and oxygen atoms in total. The molecule has 194 valence electrons. The smallest absolute Gasteiger partial charge is 0.246 e. The number of aromatic nitrogens is 2. The third kappa shape index (κ3) is 4.13. The van der Waals surface area contributed by atoms with E-state index in [2.05, 4.69) is 20.8 Å². The normalized spacial score (nSPS) is 19.5. The van der Waals surface area contributed by atoms with Crippen molar-refractivity contribution < 1.29 is 38.7 Å². The van der Waals surface area contributed by atoms with Crippen molar-refractivity contribution in [2.24, 2.45) is 0 Å². The molecule has 0 unspecified atom stereocenters. The zero-order chi connectivity index (χ0) is 27.2. The lowest BCUT2D eigenvalue weighted by molar-refractivity contribution is -0.124. The highest BCUT2D eigenvalue weighted by atomic mass is 16.5. The van der Waals surface area contributed by atoms with Gasteiger partial charge in [0.1, 0.15) is 34.0 Å². The van der Waals surface area contributed by atoms with Gasteiger partial charge in [0.15, 0.2) is 23.2 Å². The molecule has 37 heavy (non-hydrogen) atoms. The second-order valence-electron chi connectivity index (χ2n) is 9.08. The molecule has 12 heteroatoms. The fourth-order valence-electron chi connectivity index (χ4n) is 4.49. The fraction of sp³-hybridized carbons (Fsp3) is 0.360. The van der Waals surface area contributed by atoms with E-state index in [1.165, 1.54) is 27.7 Å².